The van der Waals surface area contributed by atoms with Crippen LogP contribution in [-0.4, -0.2) is 60.4 Å². The zero-order valence-corrected chi connectivity index (χ0v) is 22.3. The summed E-state index contributed by atoms with van der Waals surface area (Å²) in [7, 11) is -3.61. The molecule has 1 saturated heterocycles. The Hall–Kier alpha value is -3.61. The molecular formula is C25H25ClFN7O3S. The Morgan fingerprint density at radius 3 is 2.55 bits per heavy atom. The number of benzene rings is 1. The van der Waals surface area contributed by atoms with Gasteiger partial charge in [0.2, 0.25) is 5.95 Å². The van der Waals surface area contributed by atoms with Gasteiger partial charge >= 0.3 is 0 Å². The Morgan fingerprint density at radius 2 is 1.87 bits per heavy atom. The van der Waals surface area contributed by atoms with Crippen LogP contribution in [0.3, 0.4) is 0 Å². The molecule has 1 aromatic carbocycles. The number of aryl methyl sites for hydroxylation is 1. The lowest BCUT2D eigenvalue weighted by Crippen LogP contribution is -2.43. The maximum absolute atomic E-state index is 14.9. The average Bonchev–Trinajstić information content (AvgIpc) is 2.89. The molecule has 10 nitrogen and oxygen atoms in total. The molecule has 0 spiro atoms. The molecule has 0 bridgehead atoms. The zero-order chi connectivity index (χ0) is 27.0. The number of sulfone groups is 1. The number of hydrogen-bond donors (Lipinski definition) is 2. The third kappa shape index (κ3) is 5.06. The number of halogens is 2. The Balaban J connectivity index is 1.51. The van der Waals surface area contributed by atoms with Crippen LogP contribution in [0.5, 0.6) is 0 Å². The summed E-state index contributed by atoms with van der Waals surface area (Å²) in [6, 6.07) is 7.74. The zero-order valence-electron chi connectivity index (χ0n) is 20.7. The molecule has 0 saturated carbocycles. The fourth-order valence-corrected chi connectivity index (χ4v) is 5.19. The smallest absolute Gasteiger partial charge is 0.260 e. The molecule has 38 heavy (non-hydrogen) atoms. The lowest BCUT2D eigenvalue weighted by atomic mass is 10.1. The van der Waals surface area contributed by atoms with Crippen molar-refractivity contribution in [2.24, 2.45) is 0 Å². The molecule has 0 unspecified atom stereocenters. The molecule has 198 valence electrons. The van der Waals surface area contributed by atoms with E-state index in [0.29, 0.717) is 22.4 Å². The van der Waals surface area contributed by atoms with Crippen LogP contribution in [-0.2, 0) is 16.4 Å². The summed E-state index contributed by atoms with van der Waals surface area (Å²) in [4.78, 5) is 28.1. The minimum Gasteiger partial charge on any atom is -0.367 e. The Kier molecular flexibility index (Phi) is 7.03. The predicted octanol–water partition coefficient (Wildman–Crippen LogP) is 3.22. The topological polar surface area (TPSA) is 122 Å². The first-order chi connectivity index (χ1) is 18.2. The van der Waals surface area contributed by atoms with Gasteiger partial charge in [-0.05, 0) is 37.3 Å². The number of aromatic nitrogens is 4. The van der Waals surface area contributed by atoms with Crippen LogP contribution >= 0.6 is 11.6 Å². The molecule has 0 atom stereocenters. The van der Waals surface area contributed by atoms with E-state index in [0.717, 1.165) is 32.4 Å². The lowest BCUT2D eigenvalue weighted by molar-refractivity contribution is 0.566. The van der Waals surface area contributed by atoms with Gasteiger partial charge in [0.05, 0.1) is 10.7 Å². The van der Waals surface area contributed by atoms with Crippen molar-refractivity contribution in [3.8, 4) is 11.1 Å². The number of rotatable bonds is 6. The van der Waals surface area contributed by atoms with Crippen molar-refractivity contribution < 1.29 is 12.8 Å². The summed E-state index contributed by atoms with van der Waals surface area (Å²) in [5.41, 5.74) is 1.43. The molecule has 0 radical (unpaired) electrons. The van der Waals surface area contributed by atoms with E-state index in [2.05, 4.69) is 25.6 Å². The van der Waals surface area contributed by atoms with E-state index < -0.39 is 15.4 Å². The summed E-state index contributed by atoms with van der Waals surface area (Å²) < 4.78 is 40.3. The van der Waals surface area contributed by atoms with E-state index in [1.165, 1.54) is 29.1 Å². The van der Waals surface area contributed by atoms with Crippen molar-refractivity contribution in [2.45, 2.75) is 18.5 Å². The second kappa shape index (κ2) is 10.3. The van der Waals surface area contributed by atoms with Crippen molar-refractivity contribution in [2.75, 3.05) is 42.7 Å². The van der Waals surface area contributed by atoms with Gasteiger partial charge in [-0.15, -0.1) is 0 Å². The summed E-state index contributed by atoms with van der Waals surface area (Å²) in [5.74, 6) is -0.155. The Morgan fingerprint density at radius 1 is 1.11 bits per heavy atom. The quantitative estimate of drug-likeness (QED) is 0.368. The molecule has 0 amide bonds. The van der Waals surface area contributed by atoms with E-state index in [-0.39, 0.29) is 39.5 Å². The molecule has 4 aromatic rings. The van der Waals surface area contributed by atoms with E-state index in [4.69, 9.17) is 11.6 Å². The highest BCUT2D eigenvalue weighted by atomic mass is 35.5. The molecule has 3 aromatic heterocycles. The van der Waals surface area contributed by atoms with Crippen LogP contribution in [0.2, 0.25) is 5.02 Å². The molecule has 2 N–H and O–H groups in total. The molecule has 1 aliphatic heterocycles. The van der Waals surface area contributed by atoms with Crippen LogP contribution in [0.15, 0.2) is 52.5 Å². The van der Waals surface area contributed by atoms with Crippen molar-refractivity contribution in [1.29, 1.82) is 0 Å². The van der Waals surface area contributed by atoms with Gasteiger partial charge in [-0.1, -0.05) is 11.6 Å². The number of hydrogen-bond acceptors (Lipinski definition) is 9. The summed E-state index contributed by atoms with van der Waals surface area (Å²) in [5, 5.41) is 6.76. The largest absolute Gasteiger partial charge is 0.367 e. The monoisotopic (exact) mass is 557 g/mol. The molecule has 4 heterocycles. The maximum atomic E-state index is 14.9. The first-order valence-corrected chi connectivity index (χ1v) is 14.2. The Labute approximate surface area is 223 Å². The Bertz CT molecular complexity index is 1710. The fraction of sp³-hybridized carbons (Fsp3) is 0.280. The molecule has 13 heteroatoms. The molecule has 1 fully saturated rings. The molecule has 1 aliphatic rings. The van der Waals surface area contributed by atoms with Crippen LogP contribution in [0.1, 0.15) is 6.92 Å². The van der Waals surface area contributed by atoms with Gasteiger partial charge in [0.15, 0.2) is 14.9 Å². The van der Waals surface area contributed by atoms with E-state index >= 15 is 0 Å². The highest BCUT2D eigenvalue weighted by molar-refractivity contribution is 7.90. The first kappa shape index (κ1) is 26.0. The third-order valence-corrected chi connectivity index (χ3v) is 7.59. The fourth-order valence-electron chi connectivity index (χ4n) is 4.41. The standard InChI is InChI=1S/C25H25ClFN7O3S/c1-3-34-23-15(10-18(24(34)35)17-12-22(38(2,36)37)29-14-19(17)26)13-30-25(32-23)31-16-4-5-21(20(27)11-16)33-8-6-28-7-9-33/h4-5,10-14,28H,3,6-9H2,1-2H3,(H,30,31,32). The minimum absolute atomic E-state index is 0.141. The summed E-state index contributed by atoms with van der Waals surface area (Å²) >= 11 is 6.30. The van der Waals surface area contributed by atoms with Crippen molar-refractivity contribution >= 4 is 49.8 Å². The third-order valence-electron chi connectivity index (χ3n) is 6.31. The number of pyridine rings is 2. The van der Waals surface area contributed by atoms with Gasteiger partial charge in [0.25, 0.3) is 5.56 Å². The molecule has 0 aliphatic carbocycles. The van der Waals surface area contributed by atoms with Crippen molar-refractivity contribution in [3.05, 3.63) is 63.9 Å². The van der Waals surface area contributed by atoms with Crippen LogP contribution in [0, 0.1) is 5.82 Å². The number of nitrogens with zero attached hydrogens (tertiary/aromatic N) is 5. The highest BCUT2D eigenvalue weighted by Gasteiger charge is 2.19. The predicted molar refractivity (Wildman–Crippen MR) is 146 cm³/mol. The lowest BCUT2D eigenvalue weighted by Gasteiger charge is -2.29. The van der Waals surface area contributed by atoms with Crippen molar-refractivity contribution in [3.63, 3.8) is 0 Å². The van der Waals surface area contributed by atoms with Crippen LogP contribution in [0.25, 0.3) is 22.2 Å². The summed E-state index contributed by atoms with van der Waals surface area (Å²) in [6.07, 6.45) is 3.78. The number of piperazine rings is 1. The second-order valence-corrected chi connectivity index (χ2v) is 11.3. The maximum Gasteiger partial charge on any atom is 0.260 e. The van der Waals surface area contributed by atoms with Gasteiger partial charge in [0.1, 0.15) is 11.5 Å². The van der Waals surface area contributed by atoms with E-state index in [1.54, 1.807) is 25.1 Å². The average molecular weight is 558 g/mol. The van der Waals surface area contributed by atoms with Crippen LogP contribution in [0.4, 0.5) is 21.7 Å². The summed E-state index contributed by atoms with van der Waals surface area (Å²) in [6.45, 7) is 5.15. The first-order valence-electron chi connectivity index (χ1n) is 11.9. The van der Waals surface area contributed by atoms with Crippen LogP contribution < -0.4 is 21.1 Å². The van der Waals surface area contributed by atoms with Gasteiger partial charge in [-0.3, -0.25) is 9.36 Å². The number of fused-ring (bicyclic) bond motifs is 1. The normalized spacial score (nSPS) is 14.2. The van der Waals surface area contributed by atoms with Gasteiger partial charge < -0.3 is 15.5 Å². The van der Waals surface area contributed by atoms with Gasteiger partial charge in [0, 0.05) is 73.6 Å². The number of nitrogens with one attached hydrogen (secondary N) is 2. The SMILES string of the molecule is CCn1c(=O)c(-c2cc(S(C)(=O)=O)ncc2Cl)cc2cnc(Nc3ccc(N4CCNCC4)c(F)c3)nc21. The number of anilines is 3. The second-order valence-electron chi connectivity index (χ2n) is 8.88. The molecular weight excluding hydrogens is 533 g/mol. The van der Waals surface area contributed by atoms with Gasteiger partial charge in [-0.2, -0.15) is 4.98 Å². The van der Waals surface area contributed by atoms with Crippen molar-refractivity contribution in [1.82, 2.24) is 24.8 Å². The van der Waals surface area contributed by atoms with Gasteiger partial charge in [-0.25, -0.2) is 22.8 Å². The molecule has 5 rings (SSSR count). The van der Waals surface area contributed by atoms with E-state index in [1.807, 2.05) is 4.90 Å². The minimum atomic E-state index is -3.61. The highest BCUT2D eigenvalue weighted by Crippen LogP contribution is 2.29. The van der Waals surface area contributed by atoms with E-state index in [9.17, 15) is 17.6 Å².